The highest BCUT2D eigenvalue weighted by Crippen LogP contribution is 2.30. The number of anilines is 3. The average molecular weight is 388 g/mol. The van der Waals surface area contributed by atoms with Crippen molar-refractivity contribution >= 4 is 33.0 Å². The van der Waals surface area contributed by atoms with Crippen LogP contribution in [0.15, 0.2) is 47.4 Å². The molecule has 1 amide bonds. The normalized spacial score (nSPS) is 13.6. The highest BCUT2D eigenvalue weighted by atomic mass is 32.2. The molecular weight excluding hydrogens is 362 g/mol. The van der Waals surface area contributed by atoms with Crippen molar-refractivity contribution in [1.29, 1.82) is 0 Å². The standard InChI is InChI=1S/C20H25N3O3S/c1-4-5-12-22(2)17-8-6-16(7-9-17)21-27(25,26)18-10-11-19-15(13-18)14-20(24)23(19)3/h6-11,13,21H,4-5,12,14H2,1-3H3. The van der Waals surface area contributed by atoms with E-state index in [1.54, 1.807) is 36.2 Å². The second kappa shape index (κ2) is 7.60. The molecule has 1 heterocycles. The first kappa shape index (κ1) is 19.2. The van der Waals surface area contributed by atoms with Crippen LogP contribution < -0.4 is 14.5 Å². The Morgan fingerprint density at radius 1 is 1.15 bits per heavy atom. The lowest BCUT2D eigenvalue weighted by atomic mass is 10.2. The zero-order valence-electron chi connectivity index (χ0n) is 15.9. The van der Waals surface area contributed by atoms with Crippen molar-refractivity contribution < 1.29 is 13.2 Å². The summed E-state index contributed by atoms with van der Waals surface area (Å²) in [6.45, 7) is 3.11. The monoisotopic (exact) mass is 387 g/mol. The molecule has 7 heteroatoms. The Morgan fingerprint density at radius 3 is 2.52 bits per heavy atom. The smallest absolute Gasteiger partial charge is 0.261 e. The average Bonchev–Trinajstić information content (AvgIpc) is 2.93. The number of hydrogen-bond acceptors (Lipinski definition) is 4. The van der Waals surface area contributed by atoms with Crippen molar-refractivity contribution in [3.8, 4) is 0 Å². The minimum absolute atomic E-state index is 0.0321. The van der Waals surface area contributed by atoms with Crippen LogP contribution in [0.25, 0.3) is 0 Å². The number of rotatable bonds is 7. The summed E-state index contributed by atoms with van der Waals surface area (Å²) in [5, 5.41) is 0. The largest absolute Gasteiger partial charge is 0.375 e. The molecule has 0 atom stereocenters. The number of unbranched alkanes of at least 4 members (excludes halogenated alkanes) is 1. The number of benzene rings is 2. The summed E-state index contributed by atoms with van der Waals surface area (Å²) in [5.74, 6) is -0.0321. The summed E-state index contributed by atoms with van der Waals surface area (Å²) in [7, 11) is 0.00904. The molecule has 144 valence electrons. The number of amides is 1. The number of likely N-dealkylation sites (N-methyl/N-ethyl adjacent to an activating group) is 1. The molecule has 0 spiro atoms. The molecule has 0 saturated heterocycles. The molecule has 1 aliphatic heterocycles. The van der Waals surface area contributed by atoms with Crippen molar-refractivity contribution in [3.05, 3.63) is 48.0 Å². The predicted octanol–water partition coefficient (Wildman–Crippen LogP) is 3.24. The fourth-order valence-electron chi connectivity index (χ4n) is 3.14. The first-order valence-electron chi connectivity index (χ1n) is 9.05. The number of nitrogens with one attached hydrogen (secondary N) is 1. The number of carbonyl (C=O) groups is 1. The highest BCUT2D eigenvalue weighted by Gasteiger charge is 2.26. The van der Waals surface area contributed by atoms with Gasteiger partial charge in [0.05, 0.1) is 11.3 Å². The van der Waals surface area contributed by atoms with Crippen molar-refractivity contribution in [3.63, 3.8) is 0 Å². The molecular formula is C20H25N3O3S. The molecule has 2 aromatic carbocycles. The summed E-state index contributed by atoms with van der Waals surface area (Å²) in [5.41, 5.74) is 3.05. The second-order valence-corrected chi connectivity index (χ2v) is 8.53. The molecule has 3 rings (SSSR count). The molecule has 0 aromatic heterocycles. The fraction of sp³-hybridized carbons (Fsp3) is 0.350. The molecule has 0 aliphatic carbocycles. The minimum Gasteiger partial charge on any atom is -0.375 e. The van der Waals surface area contributed by atoms with Crippen LogP contribution in [0.3, 0.4) is 0 Å². The van der Waals surface area contributed by atoms with Gasteiger partial charge in [-0.25, -0.2) is 8.42 Å². The van der Waals surface area contributed by atoms with E-state index in [2.05, 4.69) is 16.5 Å². The van der Waals surface area contributed by atoms with E-state index in [4.69, 9.17) is 0 Å². The Hall–Kier alpha value is -2.54. The summed E-state index contributed by atoms with van der Waals surface area (Å²) in [6.07, 6.45) is 2.47. The number of hydrogen-bond donors (Lipinski definition) is 1. The molecule has 0 fully saturated rings. The van der Waals surface area contributed by atoms with E-state index in [0.29, 0.717) is 5.69 Å². The molecule has 6 nitrogen and oxygen atoms in total. The molecule has 1 N–H and O–H groups in total. The minimum atomic E-state index is -3.71. The molecule has 1 aliphatic rings. The van der Waals surface area contributed by atoms with E-state index in [-0.39, 0.29) is 17.2 Å². The van der Waals surface area contributed by atoms with Crippen molar-refractivity contribution in [2.24, 2.45) is 0 Å². The number of nitrogens with zero attached hydrogens (tertiary/aromatic N) is 2. The lowest BCUT2D eigenvalue weighted by Crippen LogP contribution is -2.20. The van der Waals surface area contributed by atoms with Gasteiger partial charge in [0.15, 0.2) is 0 Å². The van der Waals surface area contributed by atoms with E-state index in [1.807, 2.05) is 19.2 Å². The lowest BCUT2D eigenvalue weighted by molar-refractivity contribution is -0.117. The molecule has 2 aromatic rings. The lowest BCUT2D eigenvalue weighted by Gasteiger charge is -2.19. The predicted molar refractivity (Wildman–Crippen MR) is 109 cm³/mol. The molecule has 0 unspecified atom stereocenters. The van der Waals surface area contributed by atoms with Gasteiger partial charge in [-0.1, -0.05) is 13.3 Å². The summed E-state index contributed by atoms with van der Waals surface area (Å²) in [6, 6.07) is 12.1. The third-order valence-corrected chi connectivity index (χ3v) is 6.22. The van der Waals surface area contributed by atoms with Crippen LogP contribution in [0.2, 0.25) is 0 Å². The Bertz CT molecular complexity index is 939. The highest BCUT2D eigenvalue weighted by molar-refractivity contribution is 7.92. The third kappa shape index (κ3) is 4.08. The van der Waals surface area contributed by atoms with Gasteiger partial charge in [-0.3, -0.25) is 9.52 Å². The van der Waals surface area contributed by atoms with Gasteiger partial charge in [-0.15, -0.1) is 0 Å². The quantitative estimate of drug-likeness (QED) is 0.792. The molecule has 0 bridgehead atoms. The topological polar surface area (TPSA) is 69.7 Å². The van der Waals surface area contributed by atoms with Crippen molar-refractivity contribution in [2.75, 3.05) is 35.2 Å². The molecule has 27 heavy (non-hydrogen) atoms. The molecule has 0 radical (unpaired) electrons. The Kier molecular flexibility index (Phi) is 5.41. The zero-order chi connectivity index (χ0) is 19.6. The van der Waals surface area contributed by atoms with Gasteiger partial charge in [0, 0.05) is 37.7 Å². The van der Waals surface area contributed by atoms with Crippen LogP contribution in [0, 0.1) is 0 Å². The number of carbonyl (C=O) groups excluding carboxylic acids is 1. The van der Waals surface area contributed by atoms with Gasteiger partial charge < -0.3 is 9.80 Å². The van der Waals surface area contributed by atoms with E-state index < -0.39 is 10.0 Å². The van der Waals surface area contributed by atoms with Crippen LogP contribution in [-0.4, -0.2) is 35.0 Å². The zero-order valence-corrected chi connectivity index (χ0v) is 16.7. The van der Waals surface area contributed by atoms with Crippen LogP contribution >= 0.6 is 0 Å². The summed E-state index contributed by atoms with van der Waals surface area (Å²) >= 11 is 0. The van der Waals surface area contributed by atoms with E-state index in [0.717, 1.165) is 36.3 Å². The Balaban J connectivity index is 1.75. The first-order valence-corrected chi connectivity index (χ1v) is 10.5. The molecule has 0 saturated carbocycles. The van der Waals surface area contributed by atoms with Gasteiger partial charge in [0.25, 0.3) is 10.0 Å². The van der Waals surface area contributed by atoms with Crippen LogP contribution in [0.4, 0.5) is 17.1 Å². The van der Waals surface area contributed by atoms with Crippen LogP contribution in [0.1, 0.15) is 25.3 Å². The van der Waals surface area contributed by atoms with Gasteiger partial charge in [-0.2, -0.15) is 0 Å². The van der Waals surface area contributed by atoms with Gasteiger partial charge >= 0.3 is 0 Å². The SMILES string of the molecule is CCCCN(C)c1ccc(NS(=O)(=O)c2ccc3c(c2)CC(=O)N3C)cc1. The van der Waals surface area contributed by atoms with Crippen LogP contribution in [-0.2, 0) is 21.2 Å². The summed E-state index contributed by atoms with van der Waals surface area (Å²) < 4.78 is 28.0. The van der Waals surface area contributed by atoms with Gasteiger partial charge in [0.2, 0.25) is 5.91 Å². The number of sulfonamides is 1. The first-order chi connectivity index (χ1) is 12.8. The second-order valence-electron chi connectivity index (χ2n) is 6.85. The van der Waals surface area contributed by atoms with Gasteiger partial charge in [-0.05, 0) is 54.4 Å². The Labute approximate surface area is 160 Å². The summed E-state index contributed by atoms with van der Waals surface area (Å²) in [4.78, 5) is 15.7. The number of fused-ring (bicyclic) bond motifs is 1. The maximum Gasteiger partial charge on any atom is 0.261 e. The third-order valence-electron chi connectivity index (χ3n) is 4.85. The van der Waals surface area contributed by atoms with E-state index >= 15 is 0 Å². The maximum absolute atomic E-state index is 12.7. The van der Waals surface area contributed by atoms with E-state index in [1.165, 1.54) is 6.07 Å². The maximum atomic E-state index is 12.7. The van der Waals surface area contributed by atoms with Crippen LogP contribution in [0.5, 0.6) is 0 Å². The van der Waals surface area contributed by atoms with Gasteiger partial charge in [0.1, 0.15) is 0 Å². The van der Waals surface area contributed by atoms with E-state index in [9.17, 15) is 13.2 Å². The fourth-order valence-corrected chi connectivity index (χ4v) is 4.24. The van der Waals surface area contributed by atoms with Crippen molar-refractivity contribution in [1.82, 2.24) is 0 Å². The Morgan fingerprint density at radius 2 is 1.85 bits per heavy atom. The van der Waals surface area contributed by atoms with Crippen molar-refractivity contribution in [2.45, 2.75) is 31.1 Å².